The second kappa shape index (κ2) is 13.8. The lowest BCUT2D eigenvalue weighted by molar-refractivity contribution is -0.121. The normalized spacial score (nSPS) is 11.4. The van der Waals surface area contributed by atoms with Crippen LogP contribution >= 0.6 is 0 Å². The molecule has 0 aliphatic rings. The maximum Gasteiger partial charge on any atom is 0.416 e. The van der Waals surface area contributed by atoms with Gasteiger partial charge < -0.3 is 19.9 Å². The minimum absolute atomic E-state index is 0.0948. The molecule has 0 spiro atoms. The number of hydrogen-bond acceptors (Lipinski definition) is 7. The number of aromatic hydroxyl groups is 1. The second-order valence-corrected chi connectivity index (χ2v) is 10.6. The van der Waals surface area contributed by atoms with Gasteiger partial charge in [-0.3, -0.25) is 9.69 Å². The maximum atomic E-state index is 13.2. The number of carbonyl (C=O) groups is 2. The quantitative estimate of drug-likeness (QED) is 0.225. The molecule has 0 unspecified atom stereocenters. The first-order chi connectivity index (χ1) is 19.7. The van der Waals surface area contributed by atoms with Gasteiger partial charge in [0.2, 0.25) is 5.91 Å². The lowest BCUT2D eigenvalue weighted by atomic mass is 10.1. The summed E-state index contributed by atoms with van der Waals surface area (Å²) in [6.45, 7) is 7.25. The molecule has 0 fully saturated rings. The Hall–Kier alpha value is -4.44. The molecule has 4 aromatic rings. The molecule has 0 aliphatic heterocycles. The molecule has 0 saturated carbocycles. The van der Waals surface area contributed by atoms with Gasteiger partial charge in [0.05, 0.1) is 12.8 Å². The van der Waals surface area contributed by atoms with Gasteiger partial charge in [-0.05, 0) is 62.9 Å². The van der Waals surface area contributed by atoms with E-state index >= 15 is 0 Å². The standard InChI is InChI=1S/C31H37N5O5/c1-31(2,3)41-30(39)35(17-8-14-28(38)32-16-9-19-40-22-23-10-5-4-6-11-23)27-15-18-36-29(34-27)26(21-33-36)24-12-7-13-25(37)20-24/h4-7,10-13,15,18,20-21,37H,8-9,14,16-17,19,22H2,1-3H3,(H,32,38). The predicted molar refractivity (Wildman–Crippen MR) is 157 cm³/mol. The van der Waals surface area contributed by atoms with Gasteiger partial charge in [-0.1, -0.05) is 42.5 Å². The number of phenolic OH excluding ortho intramolecular Hbond substituents is 1. The topological polar surface area (TPSA) is 118 Å². The summed E-state index contributed by atoms with van der Waals surface area (Å²) in [5.41, 5.74) is 2.38. The Labute approximate surface area is 239 Å². The number of hydrogen-bond donors (Lipinski definition) is 2. The summed E-state index contributed by atoms with van der Waals surface area (Å²) < 4.78 is 12.9. The monoisotopic (exact) mass is 559 g/mol. The lowest BCUT2D eigenvalue weighted by Gasteiger charge is -2.27. The van der Waals surface area contributed by atoms with Gasteiger partial charge >= 0.3 is 6.09 Å². The summed E-state index contributed by atoms with van der Waals surface area (Å²) in [5, 5.41) is 17.2. The van der Waals surface area contributed by atoms with Gasteiger partial charge in [0.15, 0.2) is 5.65 Å². The number of anilines is 1. The van der Waals surface area contributed by atoms with E-state index in [2.05, 4.69) is 10.4 Å². The third-order valence-corrected chi connectivity index (χ3v) is 6.09. The van der Waals surface area contributed by atoms with Crippen molar-refractivity contribution in [2.45, 2.75) is 52.2 Å². The molecule has 2 amide bonds. The predicted octanol–water partition coefficient (Wildman–Crippen LogP) is 5.35. The largest absolute Gasteiger partial charge is 0.508 e. The minimum atomic E-state index is -0.706. The first-order valence-corrected chi connectivity index (χ1v) is 13.7. The molecule has 10 nitrogen and oxygen atoms in total. The van der Waals surface area contributed by atoms with Crippen molar-refractivity contribution in [3.8, 4) is 16.9 Å². The van der Waals surface area contributed by atoms with E-state index in [0.717, 1.165) is 11.1 Å². The number of aromatic nitrogens is 3. The Kier molecular flexibility index (Phi) is 9.91. The highest BCUT2D eigenvalue weighted by molar-refractivity contribution is 5.88. The van der Waals surface area contributed by atoms with Crippen LogP contribution in [0.25, 0.3) is 16.8 Å². The number of ether oxygens (including phenoxy) is 2. The molecule has 2 aromatic heterocycles. The first-order valence-electron chi connectivity index (χ1n) is 13.7. The first kappa shape index (κ1) is 29.5. The molecule has 2 heterocycles. The van der Waals surface area contributed by atoms with Gasteiger partial charge in [0.25, 0.3) is 0 Å². The zero-order valence-corrected chi connectivity index (χ0v) is 23.7. The fourth-order valence-electron chi connectivity index (χ4n) is 4.16. The number of nitrogens with zero attached hydrogens (tertiary/aromatic N) is 4. The Morgan fingerprint density at radius 1 is 1.05 bits per heavy atom. The van der Waals surface area contributed by atoms with Crippen LogP contribution < -0.4 is 10.2 Å². The van der Waals surface area contributed by atoms with Crippen molar-refractivity contribution in [3.63, 3.8) is 0 Å². The van der Waals surface area contributed by atoms with Crippen LogP contribution in [0.15, 0.2) is 73.1 Å². The van der Waals surface area contributed by atoms with Crippen LogP contribution in [-0.2, 0) is 20.9 Å². The summed E-state index contributed by atoms with van der Waals surface area (Å²) in [6, 6.07) is 18.4. The summed E-state index contributed by atoms with van der Waals surface area (Å²) in [4.78, 5) is 31.8. The summed E-state index contributed by atoms with van der Waals surface area (Å²) in [6.07, 6.45) is 4.20. The molecule has 0 bridgehead atoms. The Morgan fingerprint density at radius 3 is 2.61 bits per heavy atom. The number of fused-ring (bicyclic) bond motifs is 1. The fourth-order valence-corrected chi connectivity index (χ4v) is 4.16. The third-order valence-electron chi connectivity index (χ3n) is 6.09. The average Bonchev–Trinajstić information content (AvgIpc) is 3.36. The number of nitrogens with one attached hydrogen (secondary N) is 1. The van der Waals surface area contributed by atoms with Crippen molar-refractivity contribution in [1.29, 1.82) is 0 Å². The van der Waals surface area contributed by atoms with Crippen molar-refractivity contribution in [1.82, 2.24) is 19.9 Å². The van der Waals surface area contributed by atoms with E-state index in [0.29, 0.717) is 49.6 Å². The summed E-state index contributed by atoms with van der Waals surface area (Å²) >= 11 is 0. The van der Waals surface area contributed by atoms with Crippen LogP contribution in [0.2, 0.25) is 0 Å². The SMILES string of the molecule is CC(C)(C)OC(=O)N(CCCC(=O)NCCCOCc1ccccc1)c1ccn2ncc(-c3cccc(O)c3)c2n1. The van der Waals surface area contributed by atoms with Gasteiger partial charge in [-0.2, -0.15) is 5.10 Å². The molecule has 41 heavy (non-hydrogen) atoms. The average molecular weight is 560 g/mol. The van der Waals surface area contributed by atoms with Gasteiger partial charge in [-0.25, -0.2) is 14.3 Å². The number of amides is 2. The highest BCUT2D eigenvalue weighted by Crippen LogP contribution is 2.28. The minimum Gasteiger partial charge on any atom is -0.508 e. The van der Waals surface area contributed by atoms with Crippen LogP contribution in [0.1, 0.15) is 45.6 Å². The second-order valence-electron chi connectivity index (χ2n) is 10.6. The zero-order chi connectivity index (χ0) is 29.2. The number of phenols is 1. The van der Waals surface area contributed by atoms with E-state index in [9.17, 15) is 14.7 Å². The van der Waals surface area contributed by atoms with E-state index < -0.39 is 11.7 Å². The molecule has 2 N–H and O–H groups in total. The van der Waals surface area contributed by atoms with Crippen molar-refractivity contribution >= 4 is 23.5 Å². The molecule has 216 valence electrons. The van der Waals surface area contributed by atoms with E-state index in [1.165, 1.54) is 4.90 Å². The lowest BCUT2D eigenvalue weighted by Crippen LogP contribution is -2.38. The van der Waals surface area contributed by atoms with Crippen molar-refractivity contribution in [2.75, 3.05) is 24.6 Å². The number of benzene rings is 2. The van der Waals surface area contributed by atoms with E-state index in [1.54, 1.807) is 61.9 Å². The van der Waals surface area contributed by atoms with Gasteiger partial charge in [-0.15, -0.1) is 0 Å². The van der Waals surface area contributed by atoms with Gasteiger partial charge in [0, 0.05) is 37.9 Å². The number of rotatable bonds is 12. The van der Waals surface area contributed by atoms with Crippen LogP contribution in [0.4, 0.5) is 10.6 Å². The number of carbonyl (C=O) groups excluding carboxylic acids is 2. The molecule has 2 aromatic carbocycles. The molecule has 0 aliphatic carbocycles. The highest BCUT2D eigenvalue weighted by atomic mass is 16.6. The molecule has 4 rings (SSSR count). The van der Waals surface area contributed by atoms with E-state index in [1.807, 2.05) is 36.4 Å². The molecule has 0 atom stereocenters. The highest BCUT2D eigenvalue weighted by Gasteiger charge is 2.25. The summed E-state index contributed by atoms with van der Waals surface area (Å²) in [7, 11) is 0. The molecule has 10 heteroatoms. The van der Waals surface area contributed by atoms with Crippen LogP contribution in [0.5, 0.6) is 5.75 Å². The Bertz CT molecular complexity index is 1450. The molecule has 0 radical (unpaired) electrons. The Morgan fingerprint density at radius 2 is 1.85 bits per heavy atom. The zero-order valence-electron chi connectivity index (χ0n) is 23.7. The summed E-state index contributed by atoms with van der Waals surface area (Å²) in [5.74, 6) is 0.415. The molecular weight excluding hydrogens is 522 g/mol. The van der Waals surface area contributed by atoms with Crippen LogP contribution in [0, 0.1) is 0 Å². The van der Waals surface area contributed by atoms with Crippen LogP contribution in [0.3, 0.4) is 0 Å². The van der Waals surface area contributed by atoms with Gasteiger partial charge in [0.1, 0.15) is 17.2 Å². The third kappa shape index (κ3) is 8.77. The van der Waals surface area contributed by atoms with Crippen molar-refractivity contribution in [2.24, 2.45) is 0 Å². The smallest absolute Gasteiger partial charge is 0.416 e. The van der Waals surface area contributed by atoms with Crippen LogP contribution in [-0.4, -0.2) is 57.0 Å². The van der Waals surface area contributed by atoms with E-state index in [-0.39, 0.29) is 24.6 Å². The van der Waals surface area contributed by atoms with E-state index in [4.69, 9.17) is 14.5 Å². The van der Waals surface area contributed by atoms with Crippen molar-refractivity contribution in [3.05, 3.63) is 78.6 Å². The molecule has 0 saturated heterocycles. The fraction of sp³-hybridized carbons (Fsp3) is 0.355. The maximum absolute atomic E-state index is 13.2. The van der Waals surface area contributed by atoms with Crippen molar-refractivity contribution < 1.29 is 24.2 Å². The molecular formula is C31H37N5O5. The Balaban J connectivity index is 1.35.